The summed E-state index contributed by atoms with van der Waals surface area (Å²) in [7, 11) is 0. The van der Waals surface area contributed by atoms with E-state index in [1.807, 2.05) is 0 Å². The number of hydrogen-bond acceptors (Lipinski definition) is 2. The van der Waals surface area contributed by atoms with Gasteiger partial charge in [0.2, 0.25) is 5.91 Å². The fourth-order valence-electron chi connectivity index (χ4n) is 0.998. The van der Waals surface area contributed by atoms with Crippen LogP contribution in [0.25, 0.3) is 0 Å². The summed E-state index contributed by atoms with van der Waals surface area (Å²) in [6.07, 6.45) is 1.01. The largest absolute Gasteiger partial charge is 0.395 e. The predicted molar refractivity (Wildman–Crippen MR) is 37.4 cm³/mol. The number of aliphatic hydroxyl groups is 1. The second-order valence-corrected chi connectivity index (χ2v) is 2.83. The van der Waals surface area contributed by atoms with E-state index in [1.165, 1.54) is 0 Å². The lowest BCUT2D eigenvalue weighted by molar-refractivity contribution is -0.122. The van der Waals surface area contributed by atoms with Crippen LogP contribution in [0.1, 0.15) is 13.3 Å². The van der Waals surface area contributed by atoms with Crippen molar-refractivity contribution in [2.24, 2.45) is 11.8 Å². The van der Waals surface area contributed by atoms with Crippen LogP contribution in [0.2, 0.25) is 0 Å². The minimum Gasteiger partial charge on any atom is -0.395 e. The molecule has 0 aromatic rings. The Kier molecular flexibility index (Phi) is 2.27. The van der Waals surface area contributed by atoms with Gasteiger partial charge in [-0.2, -0.15) is 0 Å². The number of rotatable bonds is 3. The molecule has 0 unspecified atom stereocenters. The van der Waals surface area contributed by atoms with Crippen molar-refractivity contribution in [1.82, 2.24) is 5.32 Å². The average Bonchev–Trinajstić information content (AvgIpc) is 2.62. The molecule has 1 saturated carbocycles. The first-order chi connectivity index (χ1) is 4.75. The maximum atomic E-state index is 11.0. The molecule has 3 nitrogen and oxygen atoms in total. The van der Waals surface area contributed by atoms with Gasteiger partial charge in [-0.25, -0.2) is 0 Å². The Morgan fingerprint density at radius 2 is 2.40 bits per heavy atom. The number of amides is 1. The molecule has 0 saturated heterocycles. The van der Waals surface area contributed by atoms with Gasteiger partial charge in [0.25, 0.3) is 0 Å². The third-order valence-corrected chi connectivity index (χ3v) is 1.86. The lowest BCUT2D eigenvalue weighted by Gasteiger charge is -1.99. The third kappa shape index (κ3) is 1.70. The molecular formula is C7H13NO2. The van der Waals surface area contributed by atoms with Crippen LogP contribution < -0.4 is 5.32 Å². The minimum absolute atomic E-state index is 0.0346. The molecule has 10 heavy (non-hydrogen) atoms. The standard InChI is InChI=1S/C7H13NO2/c1-5-4-6(5)7(10)8-2-3-9/h5-6,9H,2-4H2,1H3,(H,8,10)/t5-,6-/m1/s1. The molecule has 1 fully saturated rings. The molecule has 0 aromatic carbocycles. The molecule has 0 spiro atoms. The highest BCUT2D eigenvalue weighted by molar-refractivity contribution is 5.81. The van der Waals surface area contributed by atoms with E-state index in [0.29, 0.717) is 12.5 Å². The summed E-state index contributed by atoms with van der Waals surface area (Å²) in [5.74, 6) is 0.881. The van der Waals surface area contributed by atoms with Gasteiger partial charge in [0.15, 0.2) is 0 Å². The number of aliphatic hydroxyl groups excluding tert-OH is 1. The zero-order valence-corrected chi connectivity index (χ0v) is 6.13. The van der Waals surface area contributed by atoms with E-state index in [2.05, 4.69) is 12.2 Å². The maximum absolute atomic E-state index is 11.0. The van der Waals surface area contributed by atoms with Crippen LogP contribution >= 0.6 is 0 Å². The molecule has 0 aliphatic heterocycles. The monoisotopic (exact) mass is 143 g/mol. The van der Waals surface area contributed by atoms with Gasteiger partial charge in [-0.05, 0) is 12.3 Å². The van der Waals surface area contributed by atoms with Crippen molar-refractivity contribution in [2.75, 3.05) is 13.2 Å². The van der Waals surface area contributed by atoms with Crippen molar-refractivity contribution in [3.63, 3.8) is 0 Å². The summed E-state index contributed by atoms with van der Waals surface area (Å²) in [6.45, 7) is 2.48. The zero-order chi connectivity index (χ0) is 7.56. The van der Waals surface area contributed by atoms with Crippen LogP contribution in [0.4, 0.5) is 0 Å². The maximum Gasteiger partial charge on any atom is 0.223 e. The van der Waals surface area contributed by atoms with E-state index in [-0.39, 0.29) is 18.4 Å². The number of nitrogens with one attached hydrogen (secondary N) is 1. The molecule has 1 amide bonds. The second kappa shape index (κ2) is 3.01. The van der Waals surface area contributed by atoms with Gasteiger partial charge in [-0.3, -0.25) is 4.79 Å². The van der Waals surface area contributed by atoms with Crippen LogP contribution in [0, 0.1) is 11.8 Å². The number of carbonyl (C=O) groups excluding carboxylic acids is 1. The molecule has 2 atom stereocenters. The van der Waals surface area contributed by atoms with Crippen LogP contribution in [0.15, 0.2) is 0 Å². The third-order valence-electron chi connectivity index (χ3n) is 1.86. The molecular weight excluding hydrogens is 130 g/mol. The van der Waals surface area contributed by atoms with Gasteiger partial charge in [-0.1, -0.05) is 6.92 Å². The average molecular weight is 143 g/mol. The van der Waals surface area contributed by atoms with Gasteiger partial charge < -0.3 is 10.4 Å². The summed E-state index contributed by atoms with van der Waals surface area (Å²) >= 11 is 0. The topological polar surface area (TPSA) is 49.3 Å². The van der Waals surface area contributed by atoms with Crippen molar-refractivity contribution < 1.29 is 9.90 Å². The molecule has 0 aromatic heterocycles. The van der Waals surface area contributed by atoms with Crippen LogP contribution in [0.3, 0.4) is 0 Å². The molecule has 58 valence electrons. The molecule has 0 heterocycles. The highest BCUT2D eigenvalue weighted by Gasteiger charge is 2.38. The van der Waals surface area contributed by atoms with Gasteiger partial charge in [-0.15, -0.1) is 0 Å². The molecule has 0 radical (unpaired) electrons. The fraction of sp³-hybridized carbons (Fsp3) is 0.857. The Hall–Kier alpha value is -0.570. The van der Waals surface area contributed by atoms with E-state index in [0.717, 1.165) is 6.42 Å². The highest BCUT2D eigenvalue weighted by Crippen LogP contribution is 2.37. The van der Waals surface area contributed by atoms with E-state index >= 15 is 0 Å². The first-order valence-electron chi connectivity index (χ1n) is 3.64. The van der Waals surface area contributed by atoms with Crippen molar-refractivity contribution in [3.8, 4) is 0 Å². The fourth-order valence-corrected chi connectivity index (χ4v) is 0.998. The molecule has 1 aliphatic carbocycles. The van der Waals surface area contributed by atoms with Crippen LogP contribution in [0.5, 0.6) is 0 Å². The Morgan fingerprint density at radius 3 is 2.80 bits per heavy atom. The minimum atomic E-state index is 0.0346. The summed E-state index contributed by atoms with van der Waals surface area (Å²) in [6, 6.07) is 0. The van der Waals surface area contributed by atoms with Gasteiger partial charge in [0.1, 0.15) is 0 Å². The molecule has 1 rings (SSSR count). The van der Waals surface area contributed by atoms with E-state index in [4.69, 9.17) is 5.11 Å². The summed E-state index contributed by atoms with van der Waals surface area (Å²) in [5.41, 5.74) is 0. The van der Waals surface area contributed by atoms with E-state index < -0.39 is 0 Å². The Labute approximate surface area is 60.4 Å². The van der Waals surface area contributed by atoms with Gasteiger partial charge in [0.05, 0.1) is 6.61 Å². The Bertz CT molecular complexity index is 136. The lowest BCUT2D eigenvalue weighted by Crippen LogP contribution is -2.28. The predicted octanol–water partition coefficient (Wildman–Crippen LogP) is -0.249. The van der Waals surface area contributed by atoms with Crippen LogP contribution in [-0.4, -0.2) is 24.2 Å². The first-order valence-corrected chi connectivity index (χ1v) is 3.64. The SMILES string of the molecule is C[C@@H]1C[C@H]1C(=O)NCCO. The smallest absolute Gasteiger partial charge is 0.223 e. The quantitative estimate of drug-likeness (QED) is 0.572. The van der Waals surface area contributed by atoms with E-state index in [9.17, 15) is 4.79 Å². The van der Waals surface area contributed by atoms with Crippen molar-refractivity contribution in [2.45, 2.75) is 13.3 Å². The van der Waals surface area contributed by atoms with Crippen molar-refractivity contribution in [3.05, 3.63) is 0 Å². The van der Waals surface area contributed by atoms with E-state index in [1.54, 1.807) is 0 Å². The Morgan fingerprint density at radius 1 is 1.80 bits per heavy atom. The number of hydrogen-bond donors (Lipinski definition) is 2. The lowest BCUT2D eigenvalue weighted by atomic mass is 10.3. The highest BCUT2D eigenvalue weighted by atomic mass is 16.3. The zero-order valence-electron chi connectivity index (χ0n) is 6.13. The van der Waals surface area contributed by atoms with Crippen LogP contribution in [-0.2, 0) is 4.79 Å². The molecule has 0 bridgehead atoms. The molecule has 2 N–H and O–H groups in total. The second-order valence-electron chi connectivity index (χ2n) is 2.83. The summed E-state index contributed by atoms with van der Waals surface area (Å²) < 4.78 is 0. The summed E-state index contributed by atoms with van der Waals surface area (Å²) in [5, 5.41) is 11.0. The van der Waals surface area contributed by atoms with Gasteiger partial charge >= 0.3 is 0 Å². The Balaban J connectivity index is 2.11. The molecule has 1 aliphatic rings. The summed E-state index contributed by atoms with van der Waals surface area (Å²) in [4.78, 5) is 11.0. The molecule has 3 heteroatoms. The normalized spacial score (nSPS) is 29.8. The first kappa shape index (κ1) is 7.54. The van der Waals surface area contributed by atoms with Crippen molar-refractivity contribution >= 4 is 5.91 Å². The number of carbonyl (C=O) groups is 1. The van der Waals surface area contributed by atoms with Crippen molar-refractivity contribution in [1.29, 1.82) is 0 Å². The van der Waals surface area contributed by atoms with Gasteiger partial charge in [0, 0.05) is 12.5 Å².